The average molecular weight is 363 g/mol. The Morgan fingerprint density at radius 2 is 1.93 bits per heavy atom. The predicted molar refractivity (Wildman–Crippen MR) is 89.8 cm³/mol. The van der Waals surface area contributed by atoms with Crippen LogP contribution in [0.15, 0.2) is 0 Å². The average Bonchev–Trinajstić information content (AvgIpc) is 2.10. The van der Waals surface area contributed by atoms with Crippen molar-refractivity contribution in [3.8, 4) is 0 Å². The Labute approximate surface area is 119 Å². The molecule has 0 aliphatic rings. The fourth-order valence-corrected chi connectivity index (χ4v) is 16.6. The van der Waals surface area contributed by atoms with Gasteiger partial charge in [0.2, 0.25) is 0 Å². The van der Waals surface area contributed by atoms with Crippen LogP contribution in [0.25, 0.3) is 0 Å². The van der Waals surface area contributed by atoms with E-state index >= 15 is 0 Å². The molecule has 0 saturated heterocycles. The van der Waals surface area contributed by atoms with Crippen molar-refractivity contribution in [3.05, 3.63) is 0 Å². The normalized spacial score (nSPS) is 12.3. The molecule has 0 atom stereocenters. The summed E-state index contributed by atoms with van der Waals surface area (Å²) < 4.78 is 5.48. The van der Waals surface area contributed by atoms with E-state index in [1.165, 1.54) is 19.7 Å². The molecule has 0 aromatic rings. The smallest absolute Gasteiger partial charge is 0.0820 e. The molecule has 0 aromatic heterocycles. The summed E-state index contributed by atoms with van der Waals surface area (Å²) in [6.07, 6.45) is 0. The number of rotatable bonds is 8. The highest BCUT2D eigenvalue weighted by molar-refractivity contribution is 9.46. The van der Waals surface area contributed by atoms with E-state index in [2.05, 4.69) is 25.5 Å². The van der Waals surface area contributed by atoms with Crippen molar-refractivity contribution < 1.29 is 4.18 Å². The molecule has 0 radical (unpaired) electrons. The van der Waals surface area contributed by atoms with E-state index < -0.39 is 6.46 Å². The van der Waals surface area contributed by atoms with Gasteiger partial charge in [-0.3, -0.25) is 0 Å². The standard InChI is InChI=1S/C4H10OS9/c1-4(2)3-5-14(7,8)13-12-11-10-9-6/h4,6H,3H2,1-2H3. The van der Waals surface area contributed by atoms with Crippen LogP contribution in [0.1, 0.15) is 13.8 Å². The number of thiol groups is 1. The molecule has 14 heavy (non-hydrogen) atoms. The molecule has 10 heteroatoms. The lowest BCUT2D eigenvalue weighted by Crippen LogP contribution is -2.04. The van der Waals surface area contributed by atoms with Crippen LogP contribution in [-0.2, 0) is 33.0 Å². The minimum Gasteiger partial charge on any atom is -0.301 e. The van der Waals surface area contributed by atoms with Gasteiger partial charge in [0.25, 0.3) is 0 Å². The first-order valence-corrected chi connectivity index (χ1v) is 14.5. The van der Waals surface area contributed by atoms with E-state index in [0.717, 1.165) is 0 Å². The molecular formula is C4H10OS9. The lowest BCUT2D eigenvalue weighted by Gasteiger charge is -2.10. The fourth-order valence-electron chi connectivity index (χ4n) is 0.308. The van der Waals surface area contributed by atoms with Gasteiger partial charge in [-0.05, 0) is 47.9 Å². The maximum absolute atomic E-state index is 5.48. The number of hydrogen-bond donors (Lipinski definition) is 1. The van der Waals surface area contributed by atoms with Gasteiger partial charge in [0.15, 0.2) is 0 Å². The molecule has 0 N–H and O–H groups in total. The highest BCUT2D eigenvalue weighted by Gasteiger charge is 2.06. The molecule has 0 heterocycles. The topological polar surface area (TPSA) is 9.23 Å². The zero-order chi connectivity index (χ0) is 11.0. The molecule has 0 rings (SSSR count). The monoisotopic (exact) mass is 362 g/mol. The summed E-state index contributed by atoms with van der Waals surface area (Å²) in [5.74, 6) is 0.480. The van der Waals surface area contributed by atoms with Gasteiger partial charge in [-0.15, -0.1) is 0 Å². The van der Waals surface area contributed by atoms with Crippen LogP contribution in [0.5, 0.6) is 0 Å². The van der Waals surface area contributed by atoms with Gasteiger partial charge in [-0.25, -0.2) is 0 Å². The van der Waals surface area contributed by atoms with Crippen LogP contribution in [-0.4, -0.2) is 6.61 Å². The predicted octanol–water partition coefficient (Wildman–Crippen LogP) is 4.74. The van der Waals surface area contributed by atoms with Gasteiger partial charge in [0.1, 0.15) is 0 Å². The lowest BCUT2D eigenvalue weighted by atomic mass is 10.2. The molecule has 0 bridgehead atoms. The van der Waals surface area contributed by atoms with Crippen LogP contribution in [0.3, 0.4) is 0 Å². The Hall–Kier alpha value is 2.85. The Balaban J connectivity index is 3.62. The van der Waals surface area contributed by atoms with Gasteiger partial charge in [0, 0.05) is 29.5 Å². The molecule has 0 saturated carbocycles. The van der Waals surface area contributed by atoms with E-state index in [4.69, 9.17) is 26.6 Å². The van der Waals surface area contributed by atoms with E-state index in [0.29, 0.717) is 12.5 Å². The summed E-state index contributed by atoms with van der Waals surface area (Å²) in [6.45, 7) is 3.04. The van der Waals surface area contributed by atoms with Gasteiger partial charge < -0.3 is 4.18 Å². The molecule has 0 aliphatic carbocycles. The van der Waals surface area contributed by atoms with Gasteiger partial charge in [-0.2, -0.15) is 0 Å². The number of hydrogen-bond acceptors (Lipinski definition) is 9. The van der Waals surface area contributed by atoms with Crippen LogP contribution in [0, 0.1) is 5.92 Å². The minimum absolute atomic E-state index is 0.480. The van der Waals surface area contributed by atoms with Gasteiger partial charge in [0.05, 0.1) is 13.1 Å². The third-order valence-electron chi connectivity index (χ3n) is 0.743. The zero-order valence-corrected chi connectivity index (χ0v) is 14.8. The molecule has 86 valence electrons. The highest BCUT2D eigenvalue weighted by Crippen LogP contribution is 2.51. The van der Waals surface area contributed by atoms with Crippen LogP contribution < -0.4 is 0 Å². The molecule has 0 unspecified atom stereocenters. The highest BCUT2D eigenvalue weighted by atomic mass is 34.0. The lowest BCUT2D eigenvalue weighted by molar-refractivity contribution is 0.316. The van der Waals surface area contributed by atoms with Crippen LogP contribution >= 0.6 is 60.8 Å². The van der Waals surface area contributed by atoms with Crippen molar-refractivity contribution in [2.24, 2.45) is 5.92 Å². The van der Waals surface area contributed by atoms with Crippen molar-refractivity contribution in [3.63, 3.8) is 0 Å². The summed E-state index contributed by atoms with van der Waals surface area (Å²) in [5.41, 5.74) is 0. The van der Waals surface area contributed by atoms with E-state index in [-0.39, 0.29) is 0 Å². The van der Waals surface area contributed by atoms with Crippen LogP contribution in [0.4, 0.5) is 0 Å². The summed E-state index contributed by atoms with van der Waals surface area (Å²) in [5, 5.41) is 0. The van der Waals surface area contributed by atoms with E-state index in [1.807, 2.05) is 0 Å². The van der Waals surface area contributed by atoms with Gasteiger partial charge >= 0.3 is 0 Å². The SMILES string of the molecule is CC(C)COS(=S)(=S)SSSSSS. The quantitative estimate of drug-likeness (QED) is 0.372. The second-order valence-electron chi connectivity index (χ2n) is 2.43. The fraction of sp³-hybridized carbons (Fsp3) is 1.00. The van der Waals surface area contributed by atoms with Crippen molar-refractivity contribution in [2.45, 2.75) is 13.8 Å². The summed E-state index contributed by atoms with van der Waals surface area (Å²) in [4.78, 5) is 0. The summed E-state index contributed by atoms with van der Waals surface area (Å²) in [7, 11) is 7.62. The van der Waals surface area contributed by atoms with Crippen molar-refractivity contribution in [1.29, 1.82) is 0 Å². The Bertz CT molecular complexity index is 221. The maximum atomic E-state index is 5.48. The Morgan fingerprint density at radius 1 is 1.29 bits per heavy atom. The Morgan fingerprint density at radius 3 is 2.43 bits per heavy atom. The zero-order valence-electron chi connectivity index (χ0n) is 7.41. The van der Waals surface area contributed by atoms with E-state index in [1.54, 1.807) is 29.5 Å². The van der Waals surface area contributed by atoms with Crippen molar-refractivity contribution in [1.82, 2.24) is 0 Å². The van der Waals surface area contributed by atoms with Crippen molar-refractivity contribution >= 4 is 89.6 Å². The van der Waals surface area contributed by atoms with Crippen LogP contribution in [0.2, 0.25) is 0 Å². The second-order valence-corrected chi connectivity index (χ2v) is 18.6. The first-order valence-electron chi connectivity index (χ1n) is 3.37. The molecule has 1 nitrogen and oxygen atoms in total. The van der Waals surface area contributed by atoms with E-state index in [9.17, 15) is 0 Å². The first-order chi connectivity index (χ1) is 6.48. The third-order valence-corrected chi connectivity index (χ3v) is 16.3. The summed E-state index contributed by atoms with van der Waals surface area (Å²) in [6, 6.07) is 0. The third kappa shape index (κ3) is 11.3. The maximum Gasteiger partial charge on any atom is 0.0820 e. The molecular weight excluding hydrogens is 353 g/mol. The minimum atomic E-state index is -1.78. The molecule has 0 aliphatic heterocycles. The van der Waals surface area contributed by atoms with Crippen molar-refractivity contribution in [2.75, 3.05) is 6.61 Å². The molecule has 0 aromatic carbocycles. The molecule has 0 spiro atoms. The molecule has 0 amide bonds. The molecule has 0 fully saturated rings. The summed E-state index contributed by atoms with van der Waals surface area (Å²) >= 11 is 14.4. The van der Waals surface area contributed by atoms with Gasteiger partial charge in [-0.1, -0.05) is 25.5 Å². The Kier molecular flexibility index (Phi) is 11.8. The largest absolute Gasteiger partial charge is 0.301 e. The second kappa shape index (κ2) is 9.84. The first kappa shape index (κ1) is 16.9.